The van der Waals surface area contributed by atoms with Gasteiger partial charge in [0.2, 0.25) is 0 Å². The second kappa shape index (κ2) is 2.57. The fraction of sp³-hybridized carbons (Fsp3) is 0.800. The molecule has 0 heterocycles. The summed E-state index contributed by atoms with van der Waals surface area (Å²) in [7, 11) is 0. The molecule has 0 bridgehead atoms. The minimum absolute atomic E-state index is 0.150. The van der Waals surface area contributed by atoms with Gasteiger partial charge in [-0.05, 0) is 33.1 Å². The van der Waals surface area contributed by atoms with E-state index < -0.39 is 0 Å². The Morgan fingerprint density at radius 1 is 1.42 bits per heavy atom. The van der Waals surface area contributed by atoms with Crippen molar-refractivity contribution >= 4 is 0 Å². The predicted octanol–water partition coefficient (Wildman–Crippen LogP) is 1.41. The van der Waals surface area contributed by atoms with Crippen molar-refractivity contribution in [2.24, 2.45) is 17.4 Å². The number of hydrogen-bond acceptors (Lipinski definition) is 2. The van der Waals surface area contributed by atoms with Crippen molar-refractivity contribution < 1.29 is 0 Å². The molecule has 2 heteroatoms. The maximum Gasteiger partial charge on any atom is 0.0355 e. The summed E-state index contributed by atoms with van der Waals surface area (Å²) in [6, 6.07) is 0. The fourth-order valence-corrected chi connectivity index (χ4v) is 1.85. The van der Waals surface area contributed by atoms with Gasteiger partial charge in [0.15, 0.2) is 0 Å². The fourth-order valence-electron chi connectivity index (χ4n) is 1.85. The lowest BCUT2D eigenvalue weighted by Gasteiger charge is -2.43. The third-order valence-electron chi connectivity index (χ3n) is 3.19. The molecule has 0 aromatic carbocycles. The van der Waals surface area contributed by atoms with Crippen LogP contribution in [0.5, 0.6) is 0 Å². The predicted molar refractivity (Wildman–Crippen MR) is 52.7 cm³/mol. The zero-order valence-corrected chi connectivity index (χ0v) is 8.52. The van der Waals surface area contributed by atoms with E-state index in [1.807, 2.05) is 0 Å². The van der Waals surface area contributed by atoms with Crippen molar-refractivity contribution in [1.29, 1.82) is 0 Å². The maximum atomic E-state index is 6.13. The highest BCUT2D eigenvalue weighted by Gasteiger charge is 2.38. The van der Waals surface area contributed by atoms with Crippen LogP contribution in [0.25, 0.3) is 0 Å². The van der Waals surface area contributed by atoms with Crippen molar-refractivity contribution in [2.45, 2.75) is 45.2 Å². The highest BCUT2D eigenvalue weighted by Crippen LogP contribution is 2.35. The van der Waals surface area contributed by atoms with Crippen LogP contribution in [-0.4, -0.2) is 11.1 Å². The molecule has 1 rings (SSSR count). The van der Waals surface area contributed by atoms with E-state index in [1.165, 1.54) is 5.57 Å². The zero-order valence-electron chi connectivity index (χ0n) is 8.52. The van der Waals surface area contributed by atoms with Gasteiger partial charge in [-0.15, -0.1) is 0 Å². The summed E-state index contributed by atoms with van der Waals surface area (Å²) in [6.45, 7) is 8.37. The molecule has 4 N–H and O–H groups in total. The van der Waals surface area contributed by atoms with Crippen molar-refractivity contribution in [3.05, 3.63) is 11.6 Å². The third-order valence-corrected chi connectivity index (χ3v) is 3.19. The summed E-state index contributed by atoms with van der Waals surface area (Å²) in [5, 5.41) is 0. The summed E-state index contributed by atoms with van der Waals surface area (Å²) in [4.78, 5) is 0. The molecule has 0 spiro atoms. The quantitative estimate of drug-likeness (QED) is 0.537. The highest BCUT2D eigenvalue weighted by atomic mass is 14.8. The SMILES string of the molecule is CC1=CC(C)C(C)(N)CC1(C)N. The first kappa shape index (κ1) is 9.75. The Hall–Kier alpha value is -0.340. The second-order valence-electron chi connectivity index (χ2n) is 4.74. The summed E-state index contributed by atoms with van der Waals surface area (Å²) in [5.41, 5.74) is 13.1. The van der Waals surface area contributed by atoms with Crippen LogP contribution < -0.4 is 11.5 Å². The lowest BCUT2D eigenvalue weighted by atomic mass is 9.69. The number of nitrogens with two attached hydrogens (primary N) is 2. The Bertz CT molecular complexity index is 214. The average molecular weight is 168 g/mol. The highest BCUT2D eigenvalue weighted by molar-refractivity contribution is 5.24. The van der Waals surface area contributed by atoms with Crippen LogP contribution >= 0.6 is 0 Å². The summed E-state index contributed by atoms with van der Waals surface area (Å²) in [6.07, 6.45) is 3.06. The van der Waals surface area contributed by atoms with Crippen LogP contribution in [0.3, 0.4) is 0 Å². The van der Waals surface area contributed by atoms with E-state index in [2.05, 4.69) is 33.8 Å². The third kappa shape index (κ3) is 1.54. The summed E-state index contributed by atoms with van der Waals surface area (Å²) in [5.74, 6) is 0.425. The van der Waals surface area contributed by atoms with Crippen molar-refractivity contribution in [2.75, 3.05) is 0 Å². The van der Waals surface area contributed by atoms with Crippen LogP contribution in [0.4, 0.5) is 0 Å². The standard InChI is InChI=1S/C10H20N2/c1-7-5-8(2)10(4,12)6-9(7,3)11/h5,7H,6,11-12H2,1-4H3. The Morgan fingerprint density at radius 2 is 1.92 bits per heavy atom. The zero-order chi connectivity index (χ0) is 9.57. The van der Waals surface area contributed by atoms with E-state index in [9.17, 15) is 0 Å². The lowest BCUT2D eigenvalue weighted by Crippen LogP contribution is -2.55. The van der Waals surface area contributed by atoms with E-state index in [1.54, 1.807) is 0 Å². The minimum atomic E-state index is -0.212. The van der Waals surface area contributed by atoms with Crippen LogP contribution in [0.2, 0.25) is 0 Å². The Labute approximate surface area is 75.0 Å². The molecule has 2 nitrogen and oxygen atoms in total. The largest absolute Gasteiger partial charge is 0.325 e. The molecule has 0 aromatic rings. The van der Waals surface area contributed by atoms with E-state index in [0.717, 1.165) is 6.42 Å². The summed E-state index contributed by atoms with van der Waals surface area (Å²) >= 11 is 0. The van der Waals surface area contributed by atoms with Crippen LogP contribution in [-0.2, 0) is 0 Å². The van der Waals surface area contributed by atoms with Crippen LogP contribution in [0.15, 0.2) is 11.6 Å². The van der Waals surface area contributed by atoms with Gasteiger partial charge in [0.1, 0.15) is 0 Å². The molecule has 3 unspecified atom stereocenters. The minimum Gasteiger partial charge on any atom is -0.325 e. The topological polar surface area (TPSA) is 52.0 Å². The van der Waals surface area contributed by atoms with Gasteiger partial charge in [-0.1, -0.05) is 18.6 Å². The molecular formula is C10H20N2. The van der Waals surface area contributed by atoms with Gasteiger partial charge in [0, 0.05) is 11.1 Å². The number of rotatable bonds is 0. The molecule has 0 saturated carbocycles. The van der Waals surface area contributed by atoms with Crippen molar-refractivity contribution in [1.82, 2.24) is 0 Å². The number of hydrogen-bond donors (Lipinski definition) is 2. The first-order chi connectivity index (χ1) is 5.26. The van der Waals surface area contributed by atoms with Crippen molar-refractivity contribution in [3.63, 3.8) is 0 Å². The second-order valence-corrected chi connectivity index (χ2v) is 4.74. The van der Waals surface area contributed by atoms with Gasteiger partial charge in [0.25, 0.3) is 0 Å². The van der Waals surface area contributed by atoms with E-state index in [4.69, 9.17) is 11.5 Å². The van der Waals surface area contributed by atoms with Gasteiger partial charge in [-0.2, -0.15) is 0 Å². The molecule has 3 atom stereocenters. The first-order valence-electron chi connectivity index (χ1n) is 4.52. The van der Waals surface area contributed by atoms with Crippen molar-refractivity contribution in [3.8, 4) is 0 Å². The van der Waals surface area contributed by atoms with Gasteiger partial charge in [-0.25, -0.2) is 0 Å². The molecule has 0 aliphatic heterocycles. The van der Waals surface area contributed by atoms with Gasteiger partial charge in [-0.3, -0.25) is 0 Å². The monoisotopic (exact) mass is 168 g/mol. The molecule has 0 aromatic heterocycles. The molecule has 70 valence electrons. The maximum absolute atomic E-state index is 6.13. The normalized spacial score (nSPS) is 48.8. The van der Waals surface area contributed by atoms with Gasteiger partial charge < -0.3 is 11.5 Å². The molecule has 0 fully saturated rings. The molecular weight excluding hydrogens is 148 g/mol. The average Bonchev–Trinajstić information content (AvgIpc) is 1.82. The molecule has 1 aliphatic carbocycles. The van der Waals surface area contributed by atoms with E-state index in [-0.39, 0.29) is 11.1 Å². The molecule has 0 amide bonds. The smallest absolute Gasteiger partial charge is 0.0355 e. The molecule has 1 aliphatic rings. The molecule has 0 radical (unpaired) electrons. The van der Waals surface area contributed by atoms with Gasteiger partial charge >= 0.3 is 0 Å². The van der Waals surface area contributed by atoms with Gasteiger partial charge in [0.05, 0.1) is 0 Å². The van der Waals surface area contributed by atoms with Crippen LogP contribution in [0.1, 0.15) is 34.1 Å². The van der Waals surface area contributed by atoms with Crippen LogP contribution in [0, 0.1) is 5.92 Å². The Balaban J connectivity index is 2.99. The Morgan fingerprint density at radius 3 is 2.33 bits per heavy atom. The van der Waals surface area contributed by atoms with E-state index in [0.29, 0.717) is 5.92 Å². The van der Waals surface area contributed by atoms with E-state index >= 15 is 0 Å². The molecule has 12 heavy (non-hydrogen) atoms. The Kier molecular flexibility index (Phi) is 2.09. The first-order valence-corrected chi connectivity index (χ1v) is 4.52. The molecule has 0 saturated heterocycles. The lowest BCUT2D eigenvalue weighted by molar-refractivity contribution is 0.262. The summed E-state index contributed by atoms with van der Waals surface area (Å²) < 4.78 is 0.